The number of furan rings is 1. The van der Waals surface area contributed by atoms with Crippen LogP contribution in [-0.4, -0.2) is 22.5 Å². The highest BCUT2D eigenvalue weighted by molar-refractivity contribution is 5.90. The van der Waals surface area contributed by atoms with Gasteiger partial charge in [0, 0.05) is 11.6 Å². The Balaban J connectivity index is 1.63. The fourth-order valence-corrected chi connectivity index (χ4v) is 3.08. The Morgan fingerprint density at radius 1 is 1.16 bits per heavy atom. The number of hydrogen-bond acceptors (Lipinski definition) is 6. The van der Waals surface area contributed by atoms with Crippen molar-refractivity contribution in [3.63, 3.8) is 0 Å². The summed E-state index contributed by atoms with van der Waals surface area (Å²) in [5.74, 6) is 0.784. The van der Waals surface area contributed by atoms with E-state index in [4.69, 9.17) is 9.15 Å². The minimum absolute atomic E-state index is 0.168. The van der Waals surface area contributed by atoms with E-state index in [9.17, 15) is 14.9 Å². The molecular formula is C24H17N3O4. The lowest BCUT2D eigenvalue weighted by Gasteiger charge is -2.02. The number of carbonyl (C=O) groups excluding carboxylic acids is 1. The number of H-pyrrole nitrogens is 1. The fraction of sp³-hybridized carbons (Fsp3) is 0.0833. The molecule has 0 aliphatic carbocycles. The van der Waals surface area contributed by atoms with Crippen LogP contribution in [0.2, 0.25) is 0 Å². The molecule has 2 aromatic carbocycles. The monoisotopic (exact) mass is 411 g/mol. The van der Waals surface area contributed by atoms with E-state index in [2.05, 4.69) is 16.0 Å². The van der Waals surface area contributed by atoms with Gasteiger partial charge in [-0.25, -0.2) is 9.78 Å². The summed E-state index contributed by atoms with van der Waals surface area (Å²) < 4.78 is 10.8. The van der Waals surface area contributed by atoms with Gasteiger partial charge in [-0.15, -0.1) is 0 Å². The number of ether oxygens (including phenoxy) is 1. The van der Waals surface area contributed by atoms with Crippen LogP contribution in [0.25, 0.3) is 33.9 Å². The summed E-state index contributed by atoms with van der Waals surface area (Å²) >= 11 is 0. The Kier molecular flexibility index (Phi) is 5.45. The van der Waals surface area contributed by atoms with Crippen LogP contribution in [0.4, 0.5) is 0 Å². The van der Waals surface area contributed by atoms with Crippen LogP contribution >= 0.6 is 0 Å². The van der Waals surface area contributed by atoms with Crippen LogP contribution in [0.1, 0.15) is 28.9 Å². The molecule has 0 spiro atoms. The number of para-hydroxylation sites is 1. The van der Waals surface area contributed by atoms with Gasteiger partial charge in [0.05, 0.1) is 28.6 Å². The summed E-state index contributed by atoms with van der Waals surface area (Å²) in [6.07, 6.45) is 1.52. The van der Waals surface area contributed by atoms with Crippen LogP contribution in [-0.2, 0) is 4.74 Å². The number of esters is 1. The number of allylic oxidation sites excluding steroid dienone is 1. The largest absolute Gasteiger partial charge is 0.462 e. The summed E-state index contributed by atoms with van der Waals surface area (Å²) in [5, 5.41) is 10.0. The molecule has 2 heterocycles. The third kappa shape index (κ3) is 4.14. The van der Waals surface area contributed by atoms with Crippen molar-refractivity contribution in [2.45, 2.75) is 6.92 Å². The smallest absolute Gasteiger partial charge is 0.338 e. The molecule has 1 N–H and O–H groups in total. The van der Waals surface area contributed by atoms with Gasteiger partial charge in [-0.05, 0) is 43.3 Å². The number of benzene rings is 2. The highest BCUT2D eigenvalue weighted by Gasteiger charge is 2.11. The molecule has 0 amide bonds. The van der Waals surface area contributed by atoms with Crippen molar-refractivity contribution < 1.29 is 13.9 Å². The summed E-state index contributed by atoms with van der Waals surface area (Å²) in [7, 11) is 0. The Morgan fingerprint density at radius 3 is 2.68 bits per heavy atom. The molecule has 4 aromatic rings. The van der Waals surface area contributed by atoms with Gasteiger partial charge in [0.1, 0.15) is 17.6 Å². The summed E-state index contributed by atoms with van der Waals surface area (Å²) in [6.45, 7) is 2.07. The third-order valence-electron chi connectivity index (χ3n) is 4.58. The van der Waals surface area contributed by atoms with Gasteiger partial charge in [-0.2, -0.15) is 5.26 Å². The van der Waals surface area contributed by atoms with E-state index in [1.165, 1.54) is 6.08 Å². The molecule has 0 radical (unpaired) electrons. The molecule has 0 saturated carbocycles. The zero-order valence-corrected chi connectivity index (χ0v) is 16.6. The van der Waals surface area contributed by atoms with Crippen molar-refractivity contribution in [2.75, 3.05) is 6.61 Å². The first-order valence-corrected chi connectivity index (χ1v) is 9.57. The molecule has 2 aromatic heterocycles. The molecule has 31 heavy (non-hydrogen) atoms. The Morgan fingerprint density at radius 2 is 1.94 bits per heavy atom. The molecule has 0 bridgehead atoms. The average Bonchev–Trinajstić information content (AvgIpc) is 3.26. The third-order valence-corrected chi connectivity index (χ3v) is 4.58. The molecular weight excluding hydrogens is 394 g/mol. The lowest BCUT2D eigenvalue weighted by molar-refractivity contribution is 0.0526. The molecule has 0 unspecified atom stereocenters. The lowest BCUT2D eigenvalue weighted by atomic mass is 10.1. The predicted molar refractivity (Wildman–Crippen MR) is 116 cm³/mol. The van der Waals surface area contributed by atoms with Gasteiger partial charge >= 0.3 is 5.97 Å². The zero-order valence-electron chi connectivity index (χ0n) is 16.6. The number of aromatic amines is 1. The van der Waals surface area contributed by atoms with E-state index in [0.717, 1.165) is 5.56 Å². The maximum atomic E-state index is 12.3. The highest BCUT2D eigenvalue weighted by Crippen LogP contribution is 2.25. The number of carbonyl (C=O) groups is 1. The van der Waals surface area contributed by atoms with Gasteiger partial charge in [-0.1, -0.05) is 24.3 Å². The van der Waals surface area contributed by atoms with Crippen molar-refractivity contribution in [1.82, 2.24) is 9.97 Å². The van der Waals surface area contributed by atoms with Crippen LogP contribution in [0.15, 0.2) is 69.9 Å². The standard InChI is InChI=1S/C24H17N3O4/c1-2-30-24(29)16-9-7-15(8-10-16)21-12-11-18(31-21)13-17(14-25)22-26-20-6-4-3-5-19(20)23(28)27-22/h3-13H,2H2,1H3,(H,26,27,28). The van der Waals surface area contributed by atoms with Gasteiger partial charge in [0.15, 0.2) is 5.82 Å². The molecule has 0 saturated heterocycles. The van der Waals surface area contributed by atoms with E-state index in [0.29, 0.717) is 34.6 Å². The van der Waals surface area contributed by atoms with E-state index in [-0.39, 0.29) is 22.9 Å². The van der Waals surface area contributed by atoms with Crippen LogP contribution in [0, 0.1) is 11.3 Å². The first-order valence-electron chi connectivity index (χ1n) is 9.57. The maximum Gasteiger partial charge on any atom is 0.338 e. The first-order chi connectivity index (χ1) is 15.1. The normalized spacial score (nSPS) is 11.3. The van der Waals surface area contributed by atoms with Crippen LogP contribution < -0.4 is 5.56 Å². The molecule has 0 atom stereocenters. The second-order valence-electron chi connectivity index (χ2n) is 6.60. The van der Waals surface area contributed by atoms with Gasteiger partial charge in [0.25, 0.3) is 5.56 Å². The number of aromatic nitrogens is 2. The molecule has 7 nitrogen and oxygen atoms in total. The number of nitrogens with one attached hydrogen (secondary N) is 1. The van der Waals surface area contributed by atoms with Gasteiger partial charge in [-0.3, -0.25) is 4.79 Å². The number of nitrogens with zero attached hydrogens (tertiary/aromatic N) is 2. The predicted octanol–water partition coefficient (Wildman–Crippen LogP) is 4.42. The lowest BCUT2D eigenvalue weighted by Crippen LogP contribution is -2.11. The fourth-order valence-electron chi connectivity index (χ4n) is 3.08. The topological polar surface area (TPSA) is 109 Å². The molecule has 0 aliphatic rings. The number of rotatable bonds is 5. The highest BCUT2D eigenvalue weighted by atomic mass is 16.5. The van der Waals surface area contributed by atoms with Gasteiger partial charge in [0.2, 0.25) is 0 Å². The SMILES string of the molecule is CCOC(=O)c1ccc(-c2ccc(C=C(C#N)c3nc4ccccc4c(=O)[nH]3)o2)cc1. The molecule has 4 rings (SSSR count). The first kappa shape index (κ1) is 19.9. The second kappa shape index (κ2) is 8.51. The van der Waals surface area contributed by atoms with Crippen molar-refractivity contribution in [3.05, 3.63) is 88.2 Å². The maximum absolute atomic E-state index is 12.3. The van der Waals surface area contributed by atoms with E-state index < -0.39 is 0 Å². The number of fused-ring (bicyclic) bond motifs is 1. The van der Waals surface area contributed by atoms with Crippen molar-refractivity contribution in [1.29, 1.82) is 5.26 Å². The quantitative estimate of drug-likeness (QED) is 0.384. The number of hydrogen-bond donors (Lipinski definition) is 1. The molecule has 0 fully saturated rings. The van der Waals surface area contributed by atoms with Crippen molar-refractivity contribution in [2.24, 2.45) is 0 Å². The Bertz CT molecular complexity index is 1390. The molecule has 7 heteroatoms. The number of nitriles is 1. The van der Waals surface area contributed by atoms with Crippen molar-refractivity contribution >= 4 is 28.5 Å². The van der Waals surface area contributed by atoms with Crippen molar-refractivity contribution in [3.8, 4) is 17.4 Å². The minimum atomic E-state index is -0.382. The van der Waals surface area contributed by atoms with E-state index in [1.807, 2.05) is 0 Å². The molecule has 0 aliphatic heterocycles. The minimum Gasteiger partial charge on any atom is -0.462 e. The summed E-state index contributed by atoms with van der Waals surface area (Å²) in [4.78, 5) is 31.1. The Labute approximate surface area is 177 Å². The van der Waals surface area contributed by atoms with E-state index in [1.54, 1.807) is 67.6 Å². The van der Waals surface area contributed by atoms with Gasteiger partial charge < -0.3 is 14.1 Å². The van der Waals surface area contributed by atoms with E-state index >= 15 is 0 Å². The van der Waals surface area contributed by atoms with Crippen LogP contribution in [0.3, 0.4) is 0 Å². The second-order valence-corrected chi connectivity index (χ2v) is 6.60. The zero-order chi connectivity index (χ0) is 21.8. The average molecular weight is 411 g/mol. The Hall–Kier alpha value is -4.44. The summed E-state index contributed by atoms with van der Waals surface area (Å²) in [6, 6.07) is 19.3. The summed E-state index contributed by atoms with van der Waals surface area (Å²) in [5.41, 5.74) is 1.58. The molecule has 152 valence electrons. The van der Waals surface area contributed by atoms with Crippen LogP contribution in [0.5, 0.6) is 0 Å².